The summed E-state index contributed by atoms with van der Waals surface area (Å²) in [6, 6.07) is 8.10. The van der Waals surface area contributed by atoms with Gasteiger partial charge in [0, 0.05) is 5.54 Å². The fraction of sp³-hybridized carbons (Fsp3) is 0.478. The summed E-state index contributed by atoms with van der Waals surface area (Å²) in [5, 5.41) is 0. The first-order valence-electron chi connectivity index (χ1n) is 11.0. The Hall–Kier alpha value is -2.11. The van der Waals surface area contributed by atoms with Crippen LogP contribution >= 0.6 is 7.82 Å². The molecule has 0 spiro atoms. The highest BCUT2D eigenvalue weighted by atomic mass is 31.2. The monoisotopic (exact) mass is 543 g/mol. The first-order chi connectivity index (χ1) is 16.5. The minimum atomic E-state index is -4.74. The van der Waals surface area contributed by atoms with Gasteiger partial charge in [-0.25, -0.2) is 4.57 Å². The number of nitrogens with two attached hydrogens (primary N) is 1. The fourth-order valence-electron chi connectivity index (χ4n) is 3.36. The van der Waals surface area contributed by atoms with Gasteiger partial charge < -0.3 is 20.3 Å². The van der Waals surface area contributed by atoms with E-state index < -0.39 is 43.4 Å². The smallest absolute Gasteiger partial charge is 0.469 e. The maximum atomic E-state index is 13.6. The minimum Gasteiger partial charge on any atom is -0.493 e. The lowest BCUT2D eigenvalue weighted by Gasteiger charge is -2.28. The maximum Gasteiger partial charge on any atom is 0.469 e. The summed E-state index contributed by atoms with van der Waals surface area (Å²) in [6.45, 7) is 1.14. The van der Waals surface area contributed by atoms with Crippen molar-refractivity contribution < 1.29 is 50.0 Å². The third-order valence-corrected chi connectivity index (χ3v) is 6.10. The van der Waals surface area contributed by atoms with Crippen LogP contribution in [-0.4, -0.2) is 28.5 Å². The van der Waals surface area contributed by atoms with E-state index in [9.17, 15) is 30.9 Å². The van der Waals surface area contributed by atoms with Crippen LogP contribution in [0.3, 0.4) is 0 Å². The second-order valence-corrected chi connectivity index (χ2v) is 9.69. The molecule has 2 aromatic rings. The average molecular weight is 543 g/mol. The number of alkyl halides is 6. The van der Waals surface area contributed by atoms with Crippen molar-refractivity contribution in [2.45, 2.75) is 56.9 Å². The summed E-state index contributed by atoms with van der Waals surface area (Å²) in [4.78, 5) is 17.7. The van der Waals surface area contributed by atoms with Gasteiger partial charge in [0.2, 0.25) is 0 Å². The van der Waals surface area contributed by atoms with Gasteiger partial charge in [-0.2, -0.15) is 26.3 Å². The predicted octanol–water partition coefficient (Wildman–Crippen LogP) is 5.89. The van der Waals surface area contributed by atoms with E-state index in [1.54, 1.807) is 6.92 Å². The molecule has 0 amide bonds. The highest BCUT2D eigenvalue weighted by molar-refractivity contribution is 7.46. The van der Waals surface area contributed by atoms with Crippen LogP contribution in [0.1, 0.15) is 48.4 Å². The number of halogens is 6. The van der Waals surface area contributed by atoms with Gasteiger partial charge in [-0.1, -0.05) is 25.1 Å². The molecule has 1 atom stereocenters. The Kier molecular flexibility index (Phi) is 10.0. The highest BCUT2D eigenvalue weighted by Gasteiger charge is 2.35. The number of ether oxygens (including phenoxy) is 1. The molecular weight excluding hydrogens is 515 g/mol. The minimum absolute atomic E-state index is 0.0785. The van der Waals surface area contributed by atoms with Gasteiger partial charge in [0.1, 0.15) is 5.75 Å². The third-order valence-electron chi connectivity index (χ3n) is 5.63. The van der Waals surface area contributed by atoms with Crippen molar-refractivity contribution in [3.63, 3.8) is 0 Å². The van der Waals surface area contributed by atoms with Crippen LogP contribution < -0.4 is 10.5 Å². The number of phosphoric acid groups is 1. The van der Waals surface area contributed by atoms with E-state index in [2.05, 4.69) is 4.52 Å². The molecule has 4 N–H and O–H groups in total. The van der Waals surface area contributed by atoms with Crippen molar-refractivity contribution in [2.24, 2.45) is 5.73 Å². The predicted molar refractivity (Wildman–Crippen MR) is 120 cm³/mol. The first-order valence-corrected chi connectivity index (χ1v) is 12.5. The molecule has 2 aromatic carbocycles. The lowest BCUT2D eigenvalue weighted by atomic mass is 9.90. The van der Waals surface area contributed by atoms with Crippen LogP contribution in [0.4, 0.5) is 26.3 Å². The number of benzene rings is 2. The number of hydrogen-bond donors (Lipinski definition) is 3. The molecule has 36 heavy (non-hydrogen) atoms. The Morgan fingerprint density at radius 1 is 0.917 bits per heavy atom. The second kappa shape index (κ2) is 12.0. The van der Waals surface area contributed by atoms with Gasteiger partial charge >= 0.3 is 20.2 Å². The number of phosphoric ester groups is 1. The SMILES string of the molecule is CC[C@@](N)(CCc1ccc(OCCCc2ccc(C(F)(F)F)cc2)c(C(F)(F)F)c1)COP(=O)(O)O. The quantitative estimate of drug-likeness (QED) is 0.176. The summed E-state index contributed by atoms with van der Waals surface area (Å²) in [6.07, 6.45) is -8.03. The highest BCUT2D eigenvalue weighted by Crippen LogP contribution is 2.39. The molecule has 13 heteroatoms. The lowest BCUT2D eigenvalue weighted by molar-refractivity contribution is -0.139. The van der Waals surface area contributed by atoms with Crippen LogP contribution in [0.25, 0.3) is 0 Å². The van der Waals surface area contributed by atoms with Crippen LogP contribution in [0.5, 0.6) is 5.75 Å². The zero-order valence-corrected chi connectivity index (χ0v) is 20.3. The Bertz CT molecular complexity index is 1040. The molecule has 0 aromatic heterocycles. The molecular formula is C23H28F6NO5P. The largest absolute Gasteiger partial charge is 0.493 e. The zero-order chi connectivity index (χ0) is 27.2. The zero-order valence-electron chi connectivity index (χ0n) is 19.4. The number of rotatable bonds is 12. The van der Waals surface area contributed by atoms with Gasteiger partial charge in [-0.3, -0.25) is 4.52 Å². The molecule has 0 radical (unpaired) electrons. The van der Waals surface area contributed by atoms with E-state index >= 15 is 0 Å². The van der Waals surface area contributed by atoms with Gasteiger partial charge in [-0.15, -0.1) is 0 Å². The molecule has 0 heterocycles. The Balaban J connectivity index is 2.00. The molecule has 6 nitrogen and oxygen atoms in total. The van der Waals surface area contributed by atoms with Gasteiger partial charge in [0.25, 0.3) is 0 Å². The fourth-order valence-corrected chi connectivity index (χ4v) is 3.78. The van der Waals surface area contributed by atoms with Crippen LogP contribution in [0, 0.1) is 0 Å². The van der Waals surface area contributed by atoms with Crippen molar-refractivity contribution in [1.29, 1.82) is 0 Å². The lowest BCUT2D eigenvalue weighted by Crippen LogP contribution is -2.44. The van der Waals surface area contributed by atoms with Crippen molar-refractivity contribution in [3.05, 3.63) is 64.7 Å². The first kappa shape index (κ1) is 30.1. The van der Waals surface area contributed by atoms with E-state index in [-0.39, 0.29) is 38.0 Å². The molecule has 0 aliphatic rings. The van der Waals surface area contributed by atoms with Crippen molar-refractivity contribution >= 4 is 7.82 Å². The van der Waals surface area contributed by atoms with E-state index in [4.69, 9.17) is 20.3 Å². The Morgan fingerprint density at radius 3 is 2.06 bits per heavy atom. The summed E-state index contributed by atoms with van der Waals surface area (Å²) in [5.41, 5.74) is 4.09. The van der Waals surface area contributed by atoms with E-state index in [1.807, 2.05) is 0 Å². The Morgan fingerprint density at radius 2 is 1.53 bits per heavy atom. The molecule has 202 valence electrons. The van der Waals surface area contributed by atoms with Crippen LogP contribution in [0.15, 0.2) is 42.5 Å². The molecule has 0 fully saturated rings. The summed E-state index contributed by atoms with van der Waals surface area (Å²) >= 11 is 0. The van der Waals surface area contributed by atoms with Crippen LogP contribution in [0.2, 0.25) is 0 Å². The number of hydrogen-bond acceptors (Lipinski definition) is 4. The summed E-state index contributed by atoms with van der Waals surface area (Å²) < 4.78 is 99.5. The van der Waals surface area contributed by atoms with Crippen molar-refractivity contribution in [2.75, 3.05) is 13.2 Å². The number of aryl methyl sites for hydroxylation is 2. The molecule has 0 saturated carbocycles. The summed E-state index contributed by atoms with van der Waals surface area (Å²) in [5.74, 6) is -0.377. The van der Waals surface area contributed by atoms with E-state index in [0.717, 1.165) is 18.2 Å². The molecule has 0 unspecified atom stereocenters. The van der Waals surface area contributed by atoms with Crippen molar-refractivity contribution in [1.82, 2.24) is 0 Å². The standard InChI is InChI=1S/C23H28F6NO5P/c1-2-21(30,15-35-36(31,32)33)12-11-17-7-10-20(19(14-17)23(27,28)29)34-13-3-4-16-5-8-18(9-6-16)22(24,25)26/h5-10,14H,2-4,11-13,15,30H2,1H3,(H2,31,32,33)/t21-/m1/s1. The van der Waals surface area contributed by atoms with Crippen LogP contribution in [-0.2, 0) is 34.3 Å². The topological polar surface area (TPSA) is 102 Å². The normalized spacial score (nSPS) is 14.5. The average Bonchev–Trinajstić information content (AvgIpc) is 2.78. The second-order valence-electron chi connectivity index (χ2n) is 8.45. The summed E-state index contributed by atoms with van der Waals surface area (Å²) in [7, 11) is -4.74. The molecule has 2 rings (SSSR count). The van der Waals surface area contributed by atoms with Gasteiger partial charge in [-0.05, 0) is 67.5 Å². The molecule has 0 saturated heterocycles. The van der Waals surface area contributed by atoms with E-state index in [1.165, 1.54) is 24.3 Å². The molecule has 0 aliphatic carbocycles. The van der Waals surface area contributed by atoms with Crippen molar-refractivity contribution in [3.8, 4) is 5.75 Å². The van der Waals surface area contributed by atoms with Gasteiger partial charge in [0.05, 0.1) is 24.3 Å². The third kappa shape index (κ3) is 9.74. The molecule has 0 bridgehead atoms. The molecule has 0 aliphatic heterocycles. The maximum absolute atomic E-state index is 13.6. The van der Waals surface area contributed by atoms with Gasteiger partial charge in [0.15, 0.2) is 0 Å². The van der Waals surface area contributed by atoms with E-state index in [0.29, 0.717) is 17.5 Å². The Labute approximate surface area is 204 Å².